The van der Waals surface area contributed by atoms with Gasteiger partial charge >= 0.3 is 5.97 Å². The predicted octanol–water partition coefficient (Wildman–Crippen LogP) is 2.70. The lowest BCUT2D eigenvalue weighted by Gasteiger charge is -2.03. The summed E-state index contributed by atoms with van der Waals surface area (Å²) in [5, 5.41) is 9.67. The summed E-state index contributed by atoms with van der Waals surface area (Å²) in [5.74, 6) is -0.846. The zero-order chi connectivity index (χ0) is 10.8. The molecule has 0 aliphatic rings. The lowest BCUT2D eigenvalue weighted by atomic mass is 10.0. The van der Waals surface area contributed by atoms with Gasteiger partial charge in [-0.3, -0.25) is 4.79 Å². The average Bonchev–Trinajstić information content (AvgIpc) is 2.62. The van der Waals surface area contributed by atoms with Crippen LogP contribution in [0.25, 0.3) is 17.0 Å². The normalized spacial score (nSPS) is 10.4. The quantitative estimate of drug-likeness (QED) is 0.832. The van der Waals surface area contributed by atoms with Crippen molar-refractivity contribution in [2.24, 2.45) is 0 Å². The summed E-state index contributed by atoms with van der Waals surface area (Å²) >= 11 is 0. The van der Waals surface area contributed by atoms with E-state index in [-0.39, 0.29) is 6.42 Å². The molecule has 1 aromatic heterocycles. The monoisotopic (exact) mass is 202 g/mol. The fraction of sp³-hybridized carbons (Fsp3) is 0.0833. The van der Waals surface area contributed by atoms with E-state index in [1.807, 2.05) is 12.1 Å². The molecule has 0 spiro atoms. The van der Waals surface area contributed by atoms with Crippen LogP contribution in [0.1, 0.15) is 11.1 Å². The Morgan fingerprint density at radius 3 is 3.00 bits per heavy atom. The molecule has 1 heterocycles. The average molecular weight is 202 g/mol. The Morgan fingerprint density at radius 1 is 1.53 bits per heavy atom. The van der Waals surface area contributed by atoms with Crippen LogP contribution in [-0.2, 0) is 11.2 Å². The molecule has 0 amide bonds. The molecule has 3 nitrogen and oxygen atoms in total. The van der Waals surface area contributed by atoms with Gasteiger partial charge in [0.2, 0.25) is 0 Å². The molecule has 76 valence electrons. The second-order valence-corrected chi connectivity index (χ2v) is 3.28. The van der Waals surface area contributed by atoms with Crippen molar-refractivity contribution in [3.8, 4) is 0 Å². The molecule has 0 aliphatic heterocycles. The number of hydrogen-bond acceptors (Lipinski definition) is 2. The standard InChI is InChI=1S/C12H10O3/c1-2-8-6-11-9(3-4-15-11)5-10(8)7-12(13)14/h2-6H,1,7H2,(H,13,14). The number of aliphatic carboxylic acids is 1. The third-order valence-corrected chi connectivity index (χ3v) is 2.28. The van der Waals surface area contributed by atoms with Crippen LogP contribution in [0.3, 0.4) is 0 Å². The highest BCUT2D eigenvalue weighted by Gasteiger charge is 2.07. The molecule has 3 heteroatoms. The third kappa shape index (κ3) is 1.76. The first kappa shape index (κ1) is 9.52. The summed E-state index contributed by atoms with van der Waals surface area (Å²) in [4.78, 5) is 10.7. The van der Waals surface area contributed by atoms with Gasteiger partial charge < -0.3 is 9.52 Å². The van der Waals surface area contributed by atoms with Crippen LogP contribution in [0.15, 0.2) is 35.5 Å². The van der Waals surface area contributed by atoms with E-state index in [2.05, 4.69) is 6.58 Å². The molecule has 1 aromatic carbocycles. The molecule has 0 aliphatic carbocycles. The second-order valence-electron chi connectivity index (χ2n) is 3.28. The molecule has 0 fully saturated rings. The van der Waals surface area contributed by atoms with E-state index in [0.717, 1.165) is 22.1 Å². The van der Waals surface area contributed by atoms with E-state index < -0.39 is 5.97 Å². The van der Waals surface area contributed by atoms with Crippen molar-refractivity contribution in [3.05, 3.63) is 42.2 Å². The van der Waals surface area contributed by atoms with E-state index in [4.69, 9.17) is 9.52 Å². The molecular formula is C12H10O3. The number of carboxylic acids is 1. The Balaban J connectivity index is 2.58. The van der Waals surface area contributed by atoms with Crippen LogP contribution >= 0.6 is 0 Å². The van der Waals surface area contributed by atoms with E-state index in [1.54, 1.807) is 18.4 Å². The molecular weight excluding hydrogens is 192 g/mol. The fourth-order valence-corrected chi connectivity index (χ4v) is 1.58. The molecule has 0 atom stereocenters. The van der Waals surface area contributed by atoms with Crippen LogP contribution in [-0.4, -0.2) is 11.1 Å². The molecule has 2 aromatic rings. The number of rotatable bonds is 3. The molecule has 0 saturated carbocycles. The summed E-state index contributed by atoms with van der Waals surface area (Å²) in [6, 6.07) is 5.44. The molecule has 2 rings (SSSR count). The van der Waals surface area contributed by atoms with Gasteiger partial charge in [-0.05, 0) is 29.3 Å². The number of furan rings is 1. The first-order chi connectivity index (χ1) is 7.20. The van der Waals surface area contributed by atoms with Crippen molar-refractivity contribution in [3.63, 3.8) is 0 Å². The minimum Gasteiger partial charge on any atom is -0.481 e. The van der Waals surface area contributed by atoms with Gasteiger partial charge in [-0.2, -0.15) is 0 Å². The van der Waals surface area contributed by atoms with Crippen molar-refractivity contribution in [1.29, 1.82) is 0 Å². The van der Waals surface area contributed by atoms with Crippen LogP contribution in [0.2, 0.25) is 0 Å². The van der Waals surface area contributed by atoms with Crippen molar-refractivity contribution >= 4 is 23.0 Å². The summed E-state index contributed by atoms with van der Waals surface area (Å²) in [6.45, 7) is 3.66. The molecule has 0 saturated heterocycles. The first-order valence-corrected chi connectivity index (χ1v) is 4.55. The van der Waals surface area contributed by atoms with Gasteiger partial charge in [0.25, 0.3) is 0 Å². The number of carbonyl (C=O) groups is 1. The summed E-state index contributed by atoms with van der Waals surface area (Å²) < 4.78 is 5.23. The van der Waals surface area contributed by atoms with Crippen LogP contribution in [0.5, 0.6) is 0 Å². The molecule has 1 N–H and O–H groups in total. The third-order valence-electron chi connectivity index (χ3n) is 2.28. The highest BCUT2D eigenvalue weighted by atomic mass is 16.4. The Hall–Kier alpha value is -2.03. The summed E-state index contributed by atoms with van der Waals surface area (Å²) in [6.07, 6.45) is 3.23. The smallest absolute Gasteiger partial charge is 0.307 e. The minimum absolute atomic E-state index is 0.00245. The minimum atomic E-state index is -0.846. The Bertz CT molecular complexity index is 523. The predicted molar refractivity (Wildman–Crippen MR) is 57.6 cm³/mol. The SMILES string of the molecule is C=Cc1cc2occc2cc1CC(=O)O. The highest BCUT2D eigenvalue weighted by molar-refractivity contribution is 5.83. The number of carboxylic acid groups (broad SMARTS) is 1. The molecule has 0 bridgehead atoms. The van der Waals surface area contributed by atoms with Gasteiger partial charge in [-0.15, -0.1) is 0 Å². The lowest BCUT2D eigenvalue weighted by Crippen LogP contribution is -2.01. The van der Waals surface area contributed by atoms with Crippen LogP contribution in [0, 0.1) is 0 Å². The molecule has 0 unspecified atom stereocenters. The van der Waals surface area contributed by atoms with Gasteiger partial charge in [-0.25, -0.2) is 0 Å². The maximum atomic E-state index is 10.7. The zero-order valence-electron chi connectivity index (χ0n) is 8.06. The molecule has 15 heavy (non-hydrogen) atoms. The van der Waals surface area contributed by atoms with Gasteiger partial charge in [-0.1, -0.05) is 12.7 Å². The van der Waals surface area contributed by atoms with E-state index in [0.29, 0.717) is 0 Å². The Labute approximate surface area is 86.6 Å². The second kappa shape index (κ2) is 3.61. The van der Waals surface area contributed by atoms with Crippen molar-refractivity contribution < 1.29 is 14.3 Å². The van der Waals surface area contributed by atoms with Gasteiger partial charge in [0.15, 0.2) is 0 Å². The van der Waals surface area contributed by atoms with Crippen molar-refractivity contribution in [1.82, 2.24) is 0 Å². The van der Waals surface area contributed by atoms with Crippen molar-refractivity contribution in [2.75, 3.05) is 0 Å². The van der Waals surface area contributed by atoms with E-state index >= 15 is 0 Å². The van der Waals surface area contributed by atoms with Crippen LogP contribution in [0.4, 0.5) is 0 Å². The van der Waals surface area contributed by atoms with Gasteiger partial charge in [0.1, 0.15) is 5.58 Å². The Kier molecular flexibility index (Phi) is 2.29. The van der Waals surface area contributed by atoms with Crippen molar-refractivity contribution in [2.45, 2.75) is 6.42 Å². The summed E-state index contributed by atoms with van der Waals surface area (Å²) in [5.41, 5.74) is 2.31. The maximum Gasteiger partial charge on any atom is 0.307 e. The molecule has 0 radical (unpaired) electrons. The van der Waals surface area contributed by atoms with Crippen LogP contribution < -0.4 is 0 Å². The van der Waals surface area contributed by atoms with Gasteiger partial charge in [0.05, 0.1) is 12.7 Å². The number of fused-ring (bicyclic) bond motifs is 1. The Morgan fingerprint density at radius 2 is 2.33 bits per heavy atom. The first-order valence-electron chi connectivity index (χ1n) is 4.55. The van der Waals surface area contributed by atoms with Gasteiger partial charge in [0, 0.05) is 5.39 Å². The van der Waals surface area contributed by atoms with E-state index in [9.17, 15) is 4.79 Å². The number of hydrogen-bond donors (Lipinski definition) is 1. The van der Waals surface area contributed by atoms with E-state index in [1.165, 1.54) is 0 Å². The fourth-order valence-electron chi connectivity index (χ4n) is 1.58. The topological polar surface area (TPSA) is 50.4 Å². The summed E-state index contributed by atoms with van der Waals surface area (Å²) in [7, 11) is 0. The zero-order valence-corrected chi connectivity index (χ0v) is 8.06. The highest BCUT2D eigenvalue weighted by Crippen LogP contribution is 2.22. The number of benzene rings is 1. The lowest BCUT2D eigenvalue weighted by molar-refractivity contribution is -0.136. The largest absolute Gasteiger partial charge is 0.481 e. The maximum absolute atomic E-state index is 10.7.